The van der Waals surface area contributed by atoms with Crippen LogP contribution in [0.15, 0.2) is 12.4 Å². The number of aliphatic hydroxyl groups is 1. The molecule has 0 radical (unpaired) electrons. The molecule has 2 fully saturated rings. The van der Waals surface area contributed by atoms with Crippen molar-refractivity contribution < 1.29 is 14.6 Å². The van der Waals surface area contributed by atoms with E-state index < -0.39 is 0 Å². The van der Waals surface area contributed by atoms with E-state index in [0.717, 1.165) is 5.56 Å². The van der Waals surface area contributed by atoms with Gasteiger partial charge in [0.15, 0.2) is 0 Å². The molecule has 2 atom stereocenters. The van der Waals surface area contributed by atoms with Crippen molar-refractivity contribution >= 4 is 5.91 Å². The van der Waals surface area contributed by atoms with Crippen molar-refractivity contribution in [3.63, 3.8) is 0 Å². The molecule has 1 saturated heterocycles. The Bertz CT molecular complexity index is 539. The fourth-order valence-electron chi connectivity index (χ4n) is 3.15. The maximum absolute atomic E-state index is 12.3. The number of likely N-dealkylation sites (tertiary alicyclic amines) is 1. The highest BCUT2D eigenvalue weighted by molar-refractivity contribution is 5.78. The summed E-state index contributed by atoms with van der Waals surface area (Å²) in [5.74, 6) is 0.927. The zero-order chi connectivity index (χ0) is 16.4. The second-order valence-corrected chi connectivity index (χ2v) is 7.15. The first-order valence-corrected chi connectivity index (χ1v) is 8.59. The molecule has 1 amide bonds. The third-order valence-corrected chi connectivity index (χ3v) is 4.88. The highest BCUT2D eigenvalue weighted by Crippen LogP contribution is 2.33. The number of rotatable bonds is 7. The van der Waals surface area contributed by atoms with Crippen LogP contribution in [0.1, 0.15) is 44.2 Å². The molecule has 0 unspecified atom stereocenters. The molecule has 0 spiro atoms. The predicted octanol–water partition coefficient (Wildman–Crippen LogP) is 1.42. The van der Waals surface area contributed by atoms with E-state index in [1.54, 1.807) is 0 Å². The van der Waals surface area contributed by atoms with Gasteiger partial charge in [-0.05, 0) is 38.2 Å². The molecule has 6 nitrogen and oxygen atoms in total. The number of hydrogen-bond acceptors (Lipinski definition) is 4. The van der Waals surface area contributed by atoms with Gasteiger partial charge in [-0.3, -0.25) is 9.48 Å². The minimum Gasteiger partial charge on any atom is -0.396 e. The van der Waals surface area contributed by atoms with Crippen LogP contribution in [0, 0.1) is 11.8 Å². The summed E-state index contributed by atoms with van der Waals surface area (Å²) in [5.41, 5.74) is 1.10. The summed E-state index contributed by atoms with van der Waals surface area (Å²) in [6.07, 6.45) is 6.36. The summed E-state index contributed by atoms with van der Waals surface area (Å²) in [4.78, 5) is 14.1. The van der Waals surface area contributed by atoms with Gasteiger partial charge in [0, 0.05) is 43.8 Å². The van der Waals surface area contributed by atoms with Gasteiger partial charge in [-0.25, -0.2) is 0 Å². The van der Waals surface area contributed by atoms with E-state index in [2.05, 4.69) is 18.9 Å². The molecule has 1 aliphatic heterocycles. The Hall–Kier alpha value is -1.40. The van der Waals surface area contributed by atoms with Crippen molar-refractivity contribution in [1.29, 1.82) is 0 Å². The summed E-state index contributed by atoms with van der Waals surface area (Å²) >= 11 is 0. The minimum atomic E-state index is 0.0304. The van der Waals surface area contributed by atoms with Crippen LogP contribution in [0.2, 0.25) is 0 Å². The molecule has 6 heteroatoms. The molecule has 1 aromatic heterocycles. The van der Waals surface area contributed by atoms with Crippen LogP contribution >= 0.6 is 0 Å². The second kappa shape index (κ2) is 7.01. The Morgan fingerprint density at radius 3 is 2.83 bits per heavy atom. The van der Waals surface area contributed by atoms with Gasteiger partial charge < -0.3 is 14.7 Å². The minimum absolute atomic E-state index is 0.0304. The summed E-state index contributed by atoms with van der Waals surface area (Å²) in [6.45, 7) is 6.36. The van der Waals surface area contributed by atoms with Crippen molar-refractivity contribution in [2.24, 2.45) is 11.8 Å². The van der Waals surface area contributed by atoms with E-state index in [1.807, 2.05) is 22.0 Å². The number of aliphatic hydroxyl groups excluding tert-OH is 1. The lowest BCUT2D eigenvalue weighted by atomic mass is 9.92. The number of amides is 1. The first kappa shape index (κ1) is 16.5. The predicted molar refractivity (Wildman–Crippen MR) is 86.1 cm³/mol. The molecule has 1 N–H and O–H groups in total. The summed E-state index contributed by atoms with van der Waals surface area (Å²) in [7, 11) is 0. The van der Waals surface area contributed by atoms with Gasteiger partial charge in [0.25, 0.3) is 0 Å². The zero-order valence-electron chi connectivity index (χ0n) is 14.0. The average molecular weight is 321 g/mol. The SMILES string of the molecule is CC(C)n1cc([C@@H]2CN(C(=O)COCC3CC3)C[C@H]2CO)cn1. The third kappa shape index (κ3) is 3.93. The molecule has 0 bridgehead atoms. The topological polar surface area (TPSA) is 67.6 Å². The molecule has 128 valence electrons. The van der Waals surface area contributed by atoms with Crippen molar-refractivity contribution in [3.05, 3.63) is 18.0 Å². The van der Waals surface area contributed by atoms with Crippen LogP contribution in [0.5, 0.6) is 0 Å². The lowest BCUT2D eigenvalue weighted by Gasteiger charge is -2.16. The van der Waals surface area contributed by atoms with Gasteiger partial charge in [-0.1, -0.05) is 0 Å². The fourth-order valence-corrected chi connectivity index (χ4v) is 3.15. The second-order valence-electron chi connectivity index (χ2n) is 7.15. The molecular weight excluding hydrogens is 294 g/mol. The first-order chi connectivity index (χ1) is 11.1. The van der Waals surface area contributed by atoms with Crippen LogP contribution in [0.4, 0.5) is 0 Å². The number of carbonyl (C=O) groups is 1. The quantitative estimate of drug-likeness (QED) is 0.825. The van der Waals surface area contributed by atoms with Crippen molar-refractivity contribution in [2.75, 3.05) is 32.9 Å². The number of carbonyl (C=O) groups excluding carboxylic acids is 1. The van der Waals surface area contributed by atoms with Crippen LogP contribution in [0.3, 0.4) is 0 Å². The van der Waals surface area contributed by atoms with Gasteiger partial charge in [-0.15, -0.1) is 0 Å². The fraction of sp³-hybridized carbons (Fsp3) is 0.765. The van der Waals surface area contributed by atoms with E-state index in [-0.39, 0.29) is 31.0 Å². The molecule has 23 heavy (non-hydrogen) atoms. The smallest absolute Gasteiger partial charge is 0.248 e. The summed E-state index contributed by atoms with van der Waals surface area (Å²) in [5, 5.41) is 14.1. The molecule has 0 aromatic carbocycles. The lowest BCUT2D eigenvalue weighted by Crippen LogP contribution is -2.32. The lowest BCUT2D eigenvalue weighted by molar-refractivity contribution is -0.135. The number of aromatic nitrogens is 2. The Labute approximate surface area is 137 Å². The number of nitrogens with zero attached hydrogens (tertiary/aromatic N) is 3. The molecule has 1 saturated carbocycles. The highest BCUT2D eigenvalue weighted by Gasteiger charge is 2.36. The third-order valence-electron chi connectivity index (χ3n) is 4.88. The number of hydrogen-bond donors (Lipinski definition) is 1. The van der Waals surface area contributed by atoms with E-state index in [0.29, 0.717) is 31.7 Å². The van der Waals surface area contributed by atoms with E-state index >= 15 is 0 Å². The summed E-state index contributed by atoms with van der Waals surface area (Å²) in [6, 6.07) is 0.311. The Kier molecular flexibility index (Phi) is 5.02. The Balaban J connectivity index is 1.58. The normalized spacial score (nSPS) is 24.6. The van der Waals surface area contributed by atoms with Crippen LogP contribution in [0.25, 0.3) is 0 Å². The monoisotopic (exact) mass is 321 g/mol. The number of ether oxygens (including phenoxy) is 1. The standard InChI is InChI=1S/C17H27N3O3/c1-12(2)20-7-14(5-18-20)16-8-19(6-15(16)9-21)17(22)11-23-10-13-3-4-13/h5,7,12-13,15-16,21H,3-4,6,8-11H2,1-2H3/t15-,16-/m0/s1. The molecular formula is C17H27N3O3. The maximum atomic E-state index is 12.3. The van der Waals surface area contributed by atoms with Gasteiger partial charge in [0.1, 0.15) is 6.61 Å². The van der Waals surface area contributed by atoms with Crippen molar-refractivity contribution in [3.8, 4) is 0 Å². The highest BCUT2D eigenvalue weighted by atomic mass is 16.5. The molecule has 2 aliphatic rings. The van der Waals surface area contributed by atoms with Gasteiger partial charge in [0.2, 0.25) is 5.91 Å². The first-order valence-electron chi connectivity index (χ1n) is 8.59. The van der Waals surface area contributed by atoms with Crippen LogP contribution in [-0.2, 0) is 9.53 Å². The van der Waals surface area contributed by atoms with Crippen molar-refractivity contribution in [2.45, 2.75) is 38.6 Å². The van der Waals surface area contributed by atoms with Gasteiger partial charge >= 0.3 is 0 Å². The van der Waals surface area contributed by atoms with E-state index in [9.17, 15) is 9.90 Å². The molecule has 1 aromatic rings. The van der Waals surface area contributed by atoms with E-state index in [4.69, 9.17) is 4.74 Å². The largest absolute Gasteiger partial charge is 0.396 e. The van der Waals surface area contributed by atoms with Gasteiger partial charge in [-0.2, -0.15) is 5.10 Å². The zero-order valence-corrected chi connectivity index (χ0v) is 14.0. The molecule has 1 aliphatic carbocycles. The van der Waals surface area contributed by atoms with E-state index in [1.165, 1.54) is 12.8 Å². The summed E-state index contributed by atoms with van der Waals surface area (Å²) < 4.78 is 7.43. The Morgan fingerprint density at radius 2 is 2.22 bits per heavy atom. The van der Waals surface area contributed by atoms with Crippen molar-refractivity contribution in [1.82, 2.24) is 14.7 Å². The van der Waals surface area contributed by atoms with Crippen LogP contribution in [-0.4, -0.2) is 58.6 Å². The Morgan fingerprint density at radius 1 is 1.43 bits per heavy atom. The average Bonchev–Trinajstić information content (AvgIpc) is 3.05. The molecule has 3 rings (SSSR count). The van der Waals surface area contributed by atoms with Gasteiger partial charge in [0.05, 0.1) is 12.8 Å². The maximum Gasteiger partial charge on any atom is 0.248 e. The molecule has 2 heterocycles. The van der Waals surface area contributed by atoms with Crippen LogP contribution < -0.4 is 0 Å².